The second kappa shape index (κ2) is 11.8. The quantitative estimate of drug-likeness (QED) is 0.184. The highest BCUT2D eigenvalue weighted by Crippen LogP contribution is 2.41. The Morgan fingerprint density at radius 1 is 0.345 bits per heavy atom. The van der Waals surface area contributed by atoms with Crippen molar-refractivity contribution in [3.8, 4) is 40.3 Å². The molecule has 0 N–H and O–H groups in total. The number of rotatable bonds is 4. The van der Waals surface area contributed by atoms with Gasteiger partial charge in [-0.15, -0.1) is 0 Å². The summed E-state index contributed by atoms with van der Waals surface area (Å²) in [5, 5.41) is 27.6. The lowest BCUT2D eigenvalue weighted by molar-refractivity contribution is 1.15. The number of benzene rings is 8. The molecule has 0 fully saturated rings. The maximum Gasteiger partial charge on any atom is 0.101 e. The Morgan fingerprint density at radius 2 is 0.818 bits per heavy atom. The molecule has 0 atom stereocenters. The van der Waals surface area contributed by atoms with Crippen LogP contribution in [0.2, 0.25) is 0 Å². The lowest BCUT2D eigenvalue weighted by atomic mass is 9.99. The van der Waals surface area contributed by atoms with E-state index in [1.807, 2.05) is 36.4 Å². The van der Waals surface area contributed by atoms with Crippen molar-refractivity contribution in [2.75, 3.05) is 0 Å². The van der Waals surface area contributed by atoms with Crippen LogP contribution in [0.25, 0.3) is 93.6 Å². The minimum Gasteiger partial charge on any atom is -0.309 e. The second-order valence-electron chi connectivity index (χ2n) is 14.0. The Balaban J connectivity index is 1.15. The number of nitriles is 2. The summed E-state index contributed by atoms with van der Waals surface area (Å²) >= 11 is 0. The number of fused-ring (bicyclic) bond motifs is 9. The van der Waals surface area contributed by atoms with Gasteiger partial charge in [-0.1, -0.05) is 115 Å². The predicted octanol–water partition coefficient (Wildman–Crippen LogP) is 12.4. The van der Waals surface area contributed by atoms with E-state index in [0.29, 0.717) is 11.1 Å². The summed E-state index contributed by atoms with van der Waals surface area (Å²) < 4.78 is 6.80. The monoisotopic (exact) mass is 699 g/mol. The first-order valence-electron chi connectivity index (χ1n) is 18.3. The molecule has 11 aromatic rings. The maximum absolute atomic E-state index is 10.7. The number of para-hydroxylation sites is 6. The fraction of sp³-hybridized carbons (Fsp3) is 0. The summed E-state index contributed by atoms with van der Waals surface area (Å²) in [7, 11) is 0. The van der Waals surface area contributed by atoms with E-state index in [2.05, 4.69) is 165 Å². The van der Waals surface area contributed by atoms with Gasteiger partial charge in [0, 0.05) is 49.3 Å². The van der Waals surface area contributed by atoms with Crippen LogP contribution in [-0.2, 0) is 0 Å². The van der Waals surface area contributed by atoms with Crippen LogP contribution in [0, 0.1) is 22.7 Å². The molecule has 3 aromatic heterocycles. The first-order chi connectivity index (χ1) is 27.2. The van der Waals surface area contributed by atoms with Crippen LogP contribution in [0.1, 0.15) is 11.1 Å². The Morgan fingerprint density at radius 3 is 1.44 bits per heavy atom. The topological polar surface area (TPSA) is 62.4 Å². The average Bonchev–Trinajstić information content (AvgIpc) is 3.89. The van der Waals surface area contributed by atoms with Crippen molar-refractivity contribution >= 4 is 65.4 Å². The summed E-state index contributed by atoms with van der Waals surface area (Å²) in [6.45, 7) is 0. The van der Waals surface area contributed by atoms with Gasteiger partial charge in [0.15, 0.2) is 0 Å². The maximum atomic E-state index is 10.7. The van der Waals surface area contributed by atoms with Crippen molar-refractivity contribution in [2.24, 2.45) is 0 Å². The van der Waals surface area contributed by atoms with Gasteiger partial charge < -0.3 is 13.7 Å². The first kappa shape index (κ1) is 30.7. The molecule has 0 spiro atoms. The Kier molecular flexibility index (Phi) is 6.61. The lowest BCUT2D eigenvalue weighted by Crippen LogP contribution is -2.02. The molecule has 0 saturated heterocycles. The van der Waals surface area contributed by atoms with E-state index in [9.17, 15) is 10.5 Å². The molecule has 0 bridgehead atoms. The molecule has 0 saturated carbocycles. The van der Waals surface area contributed by atoms with Gasteiger partial charge in [0.2, 0.25) is 0 Å². The van der Waals surface area contributed by atoms with Gasteiger partial charge in [-0.3, -0.25) is 0 Å². The fourth-order valence-corrected chi connectivity index (χ4v) is 8.81. The Hall–Kier alpha value is -7.86. The number of hydrogen-bond donors (Lipinski definition) is 0. The van der Waals surface area contributed by atoms with Crippen molar-refractivity contribution in [2.45, 2.75) is 0 Å². The highest BCUT2D eigenvalue weighted by molar-refractivity contribution is 6.13. The Labute approximate surface area is 316 Å². The molecular weight excluding hydrogens is 671 g/mol. The molecule has 0 aliphatic heterocycles. The van der Waals surface area contributed by atoms with E-state index < -0.39 is 0 Å². The van der Waals surface area contributed by atoms with Crippen LogP contribution >= 0.6 is 0 Å². The summed E-state index contributed by atoms with van der Waals surface area (Å²) in [4.78, 5) is 0. The van der Waals surface area contributed by atoms with Gasteiger partial charge in [-0.05, 0) is 66.2 Å². The highest BCUT2D eigenvalue weighted by atomic mass is 15.0. The van der Waals surface area contributed by atoms with Gasteiger partial charge in [0.05, 0.1) is 49.9 Å². The van der Waals surface area contributed by atoms with Gasteiger partial charge >= 0.3 is 0 Å². The molecule has 0 aliphatic carbocycles. The van der Waals surface area contributed by atoms with E-state index in [-0.39, 0.29) is 0 Å². The molecule has 0 aliphatic rings. The number of hydrogen-bond acceptors (Lipinski definition) is 2. The number of aromatic nitrogens is 3. The van der Waals surface area contributed by atoms with E-state index in [4.69, 9.17) is 0 Å². The van der Waals surface area contributed by atoms with Crippen molar-refractivity contribution in [1.29, 1.82) is 10.5 Å². The number of nitrogens with zero attached hydrogens (tertiary/aromatic N) is 5. The molecule has 0 radical (unpaired) electrons. The molecule has 0 unspecified atom stereocenters. The van der Waals surface area contributed by atoms with Gasteiger partial charge in [0.25, 0.3) is 0 Å². The minimum atomic E-state index is 0.590. The molecule has 5 nitrogen and oxygen atoms in total. The molecule has 55 heavy (non-hydrogen) atoms. The van der Waals surface area contributed by atoms with Crippen molar-refractivity contribution < 1.29 is 0 Å². The van der Waals surface area contributed by atoms with E-state index >= 15 is 0 Å². The summed E-state index contributed by atoms with van der Waals surface area (Å²) in [5.41, 5.74) is 12.3. The van der Waals surface area contributed by atoms with Gasteiger partial charge in [0.1, 0.15) is 12.1 Å². The molecule has 8 aromatic carbocycles. The van der Waals surface area contributed by atoms with Crippen LogP contribution in [0.15, 0.2) is 176 Å². The normalized spacial score (nSPS) is 11.6. The Bertz CT molecular complexity index is 3400. The zero-order chi connectivity index (χ0) is 36.6. The highest BCUT2D eigenvalue weighted by Gasteiger charge is 2.21. The molecule has 254 valence electrons. The molecular formula is C50H29N5. The third-order valence-corrected chi connectivity index (χ3v) is 11.1. The third kappa shape index (κ3) is 4.39. The largest absolute Gasteiger partial charge is 0.309 e. The van der Waals surface area contributed by atoms with Crippen LogP contribution in [0.4, 0.5) is 0 Å². The molecule has 11 rings (SSSR count). The molecule has 3 heterocycles. The van der Waals surface area contributed by atoms with Gasteiger partial charge in [-0.25, -0.2) is 0 Å². The standard InChI is InChI=1S/C50H29N5/c51-30-33-11-9-17-37(32-23-25-35(26-24-32)54-46-21-7-4-16-41(46)43-18-10-12-34(31-52)50(43)54)49(33)55-47-22-8-3-15-40(47)42-28-27-36(29-48(42)55)53-44-19-5-1-13-38(44)39-14-2-6-20-45(39)53/h1-29H. The average molecular weight is 700 g/mol. The smallest absolute Gasteiger partial charge is 0.101 e. The minimum absolute atomic E-state index is 0.590. The predicted molar refractivity (Wildman–Crippen MR) is 224 cm³/mol. The van der Waals surface area contributed by atoms with Crippen molar-refractivity contribution in [3.05, 3.63) is 187 Å². The lowest BCUT2D eigenvalue weighted by Gasteiger charge is -2.17. The van der Waals surface area contributed by atoms with E-state index in [0.717, 1.165) is 82.8 Å². The van der Waals surface area contributed by atoms with Crippen molar-refractivity contribution in [1.82, 2.24) is 13.7 Å². The molecule has 5 heteroatoms. The third-order valence-electron chi connectivity index (χ3n) is 11.1. The summed E-state index contributed by atoms with van der Waals surface area (Å²) in [6, 6.07) is 65.9. The van der Waals surface area contributed by atoms with Crippen LogP contribution in [0.3, 0.4) is 0 Å². The zero-order valence-electron chi connectivity index (χ0n) is 29.5. The SMILES string of the molecule is N#Cc1cccc(-c2ccc(-n3c4ccccc4c4cccc(C#N)c43)cc2)c1-n1c2ccccc2c2ccc(-n3c4ccccc4c4ccccc43)cc21. The summed E-state index contributed by atoms with van der Waals surface area (Å²) in [6.07, 6.45) is 0. The first-order valence-corrected chi connectivity index (χ1v) is 18.3. The summed E-state index contributed by atoms with van der Waals surface area (Å²) in [5.74, 6) is 0. The van der Waals surface area contributed by atoms with E-state index in [1.54, 1.807) is 0 Å². The van der Waals surface area contributed by atoms with Crippen LogP contribution in [0.5, 0.6) is 0 Å². The second-order valence-corrected chi connectivity index (χ2v) is 14.0. The van der Waals surface area contributed by atoms with E-state index in [1.165, 1.54) is 10.8 Å². The van der Waals surface area contributed by atoms with Crippen molar-refractivity contribution in [3.63, 3.8) is 0 Å². The molecule has 0 amide bonds. The van der Waals surface area contributed by atoms with Crippen LogP contribution < -0.4 is 0 Å². The van der Waals surface area contributed by atoms with Gasteiger partial charge in [-0.2, -0.15) is 10.5 Å². The van der Waals surface area contributed by atoms with Crippen LogP contribution in [-0.4, -0.2) is 13.7 Å². The fourth-order valence-electron chi connectivity index (χ4n) is 8.81. The zero-order valence-corrected chi connectivity index (χ0v) is 29.5.